The largest absolute Gasteiger partial charge is 0.286 e. The van der Waals surface area contributed by atoms with Gasteiger partial charge in [-0.25, -0.2) is 8.42 Å². The van der Waals surface area contributed by atoms with Crippen molar-refractivity contribution in [3.63, 3.8) is 0 Å². The minimum Gasteiger partial charge on any atom is -0.286 e. The summed E-state index contributed by atoms with van der Waals surface area (Å²) >= 11 is 1.54. The predicted octanol–water partition coefficient (Wildman–Crippen LogP) is 3.22. The third-order valence-corrected chi connectivity index (χ3v) is 8.06. The topological polar surface area (TPSA) is 70.1 Å². The Bertz CT molecular complexity index is 999. The minimum atomic E-state index is -3.47. The van der Waals surface area contributed by atoms with E-state index in [4.69, 9.17) is 0 Å². The first-order valence-corrected chi connectivity index (χ1v) is 12.1. The lowest BCUT2D eigenvalue weighted by molar-refractivity contribution is 0.0860. The van der Waals surface area contributed by atoms with Crippen molar-refractivity contribution in [2.24, 2.45) is 4.99 Å². The second-order valence-electron chi connectivity index (χ2n) is 7.03. The number of thioether (sulfide) groups is 1. The quantitative estimate of drug-likeness (QED) is 0.732. The second-order valence-corrected chi connectivity index (χ2v) is 9.91. The van der Waals surface area contributed by atoms with E-state index in [1.165, 1.54) is 22.0 Å². The Labute approximate surface area is 175 Å². The van der Waals surface area contributed by atoms with Gasteiger partial charge in [0.15, 0.2) is 5.17 Å². The van der Waals surface area contributed by atoms with Crippen LogP contribution in [0.1, 0.15) is 28.8 Å². The molecular formula is C21H23N3O3S2. The first-order chi connectivity index (χ1) is 14.1. The van der Waals surface area contributed by atoms with E-state index < -0.39 is 10.0 Å². The van der Waals surface area contributed by atoms with Gasteiger partial charge in [0.1, 0.15) is 0 Å². The molecule has 29 heavy (non-hydrogen) atoms. The van der Waals surface area contributed by atoms with Crippen molar-refractivity contribution >= 4 is 32.9 Å². The van der Waals surface area contributed by atoms with E-state index in [-0.39, 0.29) is 10.8 Å². The molecule has 0 aliphatic carbocycles. The van der Waals surface area contributed by atoms with Gasteiger partial charge in [-0.15, -0.1) is 0 Å². The number of carbonyl (C=O) groups is 1. The molecule has 1 fully saturated rings. The molecule has 2 aromatic carbocycles. The lowest BCUT2D eigenvalue weighted by atomic mass is 10.2. The smallest absolute Gasteiger partial charge is 0.259 e. The molecule has 0 aromatic heterocycles. The molecule has 2 aliphatic heterocycles. The van der Waals surface area contributed by atoms with Crippen LogP contribution < -0.4 is 0 Å². The zero-order valence-corrected chi connectivity index (χ0v) is 17.7. The van der Waals surface area contributed by atoms with Crippen molar-refractivity contribution in [2.45, 2.75) is 23.5 Å². The Kier molecular flexibility index (Phi) is 6.03. The summed E-state index contributed by atoms with van der Waals surface area (Å²) in [7, 11) is -3.47. The Morgan fingerprint density at radius 3 is 2.34 bits per heavy atom. The van der Waals surface area contributed by atoms with Crippen molar-refractivity contribution in [3.05, 3.63) is 65.7 Å². The van der Waals surface area contributed by atoms with Crippen molar-refractivity contribution in [1.29, 1.82) is 0 Å². The van der Waals surface area contributed by atoms with Crippen molar-refractivity contribution in [1.82, 2.24) is 9.21 Å². The van der Waals surface area contributed by atoms with Gasteiger partial charge in [0, 0.05) is 31.0 Å². The number of aliphatic imine (C=N–C) groups is 1. The number of carbonyl (C=O) groups excluding carboxylic acids is 1. The summed E-state index contributed by atoms with van der Waals surface area (Å²) in [5.74, 6) is 0.600. The minimum absolute atomic E-state index is 0.146. The van der Waals surface area contributed by atoms with Crippen LogP contribution in [0.25, 0.3) is 0 Å². The van der Waals surface area contributed by atoms with E-state index in [9.17, 15) is 13.2 Å². The Morgan fingerprint density at radius 1 is 0.966 bits per heavy atom. The van der Waals surface area contributed by atoms with Gasteiger partial charge in [-0.05, 0) is 42.7 Å². The highest BCUT2D eigenvalue weighted by molar-refractivity contribution is 8.13. The van der Waals surface area contributed by atoms with Crippen molar-refractivity contribution in [2.75, 3.05) is 26.2 Å². The van der Waals surface area contributed by atoms with Gasteiger partial charge in [0.25, 0.3) is 5.91 Å². The highest BCUT2D eigenvalue weighted by atomic mass is 32.2. The van der Waals surface area contributed by atoms with E-state index in [0.717, 1.165) is 18.6 Å². The molecule has 4 rings (SSSR count). The van der Waals surface area contributed by atoms with Gasteiger partial charge in [-0.2, -0.15) is 4.31 Å². The van der Waals surface area contributed by atoms with Crippen molar-refractivity contribution < 1.29 is 13.2 Å². The summed E-state index contributed by atoms with van der Waals surface area (Å²) in [4.78, 5) is 19.3. The Hall–Kier alpha value is -2.16. The molecule has 2 aromatic rings. The van der Waals surface area contributed by atoms with E-state index >= 15 is 0 Å². The molecule has 0 radical (unpaired) electrons. The number of nitrogens with zero attached hydrogens (tertiary/aromatic N) is 3. The third kappa shape index (κ3) is 4.39. The maximum Gasteiger partial charge on any atom is 0.259 e. The van der Waals surface area contributed by atoms with Gasteiger partial charge in [0.05, 0.1) is 11.4 Å². The average molecular weight is 430 g/mol. The molecule has 0 N–H and O–H groups in total. The lowest BCUT2D eigenvalue weighted by Crippen LogP contribution is -2.33. The van der Waals surface area contributed by atoms with Gasteiger partial charge in [-0.1, -0.05) is 42.1 Å². The zero-order chi connectivity index (χ0) is 20.3. The molecule has 1 saturated heterocycles. The highest BCUT2D eigenvalue weighted by Gasteiger charge is 2.28. The molecule has 152 valence electrons. The second kappa shape index (κ2) is 8.69. The van der Waals surface area contributed by atoms with Crippen LogP contribution in [-0.2, 0) is 15.8 Å². The summed E-state index contributed by atoms with van der Waals surface area (Å²) in [6.07, 6.45) is 1.79. The molecule has 0 saturated carbocycles. The van der Waals surface area contributed by atoms with Crippen LogP contribution in [0.5, 0.6) is 0 Å². The zero-order valence-electron chi connectivity index (χ0n) is 16.0. The maximum atomic E-state index is 13.0. The molecule has 0 unspecified atom stereocenters. The summed E-state index contributed by atoms with van der Waals surface area (Å²) in [5.41, 5.74) is 1.65. The van der Waals surface area contributed by atoms with Crippen LogP contribution in [0.2, 0.25) is 0 Å². The lowest BCUT2D eigenvalue weighted by Gasteiger charge is -2.19. The van der Waals surface area contributed by atoms with Crippen LogP contribution in [0.4, 0.5) is 0 Å². The average Bonchev–Trinajstić information content (AvgIpc) is 3.45. The van der Waals surface area contributed by atoms with E-state index in [0.29, 0.717) is 36.9 Å². The normalized spacial score (nSPS) is 17.5. The predicted molar refractivity (Wildman–Crippen MR) is 116 cm³/mol. The molecule has 6 nitrogen and oxygen atoms in total. The number of rotatable bonds is 5. The monoisotopic (exact) mass is 429 g/mol. The van der Waals surface area contributed by atoms with Gasteiger partial charge in [0.2, 0.25) is 10.0 Å². The number of amidine groups is 1. The van der Waals surface area contributed by atoms with E-state index in [1.807, 2.05) is 30.3 Å². The van der Waals surface area contributed by atoms with Gasteiger partial charge < -0.3 is 0 Å². The van der Waals surface area contributed by atoms with E-state index in [1.54, 1.807) is 28.8 Å². The molecule has 8 heteroatoms. The van der Waals surface area contributed by atoms with Gasteiger partial charge >= 0.3 is 0 Å². The third-order valence-electron chi connectivity index (χ3n) is 5.06. The summed E-state index contributed by atoms with van der Waals surface area (Å²) in [6.45, 7) is 2.26. The SMILES string of the molecule is O=C(c1ccc(S(=O)(=O)N2CCCC2)cc1)N1CCN=C1SCc1ccccc1. The van der Waals surface area contributed by atoms with E-state index in [2.05, 4.69) is 4.99 Å². The number of amides is 1. The molecule has 2 aliphatic rings. The fourth-order valence-electron chi connectivity index (χ4n) is 3.46. The van der Waals surface area contributed by atoms with Gasteiger partial charge in [-0.3, -0.25) is 14.7 Å². The first kappa shape index (κ1) is 20.1. The molecular weight excluding hydrogens is 406 g/mol. The molecule has 0 spiro atoms. The van der Waals surface area contributed by atoms with Crippen LogP contribution >= 0.6 is 11.8 Å². The molecule has 2 heterocycles. The fourth-order valence-corrected chi connectivity index (χ4v) is 5.98. The first-order valence-electron chi connectivity index (χ1n) is 9.69. The van der Waals surface area contributed by atoms with Crippen LogP contribution in [0.15, 0.2) is 64.5 Å². The van der Waals surface area contributed by atoms with Crippen molar-refractivity contribution in [3.8, 4) is 0 Å². The fraction of sp³-hybridized carbons (Fsp3) is 0.333. The number of benzene rings is 2. The van der Waals surface area contributed by atoms with Crippen LogP contribution in [0.3, 0.4) is 0 Å². The Balaban J connectivity index is 1.44. The molecule has 1 amide bonds. The number of hydrogen-bond acceptors (Lipinski definition) is 5. The summed E-state index contributed by atoms with van der Waals surface area (Å²) in [6, 6.07) is 16.3. The van der Waals surface area contributed by atoms with Crippen LogP contribution in [-0.4, -0.2) is 54.9 Å². The standard InChI is InChI=1S/C21H23N3O3S2/c25-20(24-15-12-22-21(24)28-16-17-6-2-1-3-7-17)18-8-10-19(11-9-18)29(26,27)23-13-4-5-14-23/h1-3,6-11H,4-5,12-16H2. The molecule has 0 bridgehead atoms. The summed E-state index contributed by atoms with van der Waals surface area (Å²) < 4.78 is 26.8. The maximum absolute atomic E-state index is 13.0. The Morgan fingerprint density at radius 2 is 1.66 bits per heavy atom. The summed E-state index contributed by atoms with van der Waals surface area (Å²) in [5, 5.41) is 0.715. The number of hydrogen-bond donors (Lipinski definition) is 0. The van der Waals surface area contributed by atoms with Crippen LogP contribution in [0, 0.1) is 0 Å². The number of sulfonamides is 1. The highest BCUT2D eigenvalue weighted by Crippen LogP contribution is 2.24. The molecule has 0 atom stereocenters.